The highest BCUT2D eigenvalue weighted by atomic mass is 35.5. The van der Waals surface area contributed by atoms with Gasteiger partial charge in [-0.1, -0.05) is 23.7 Å². The normalized spacial score (nSPS) is 12.2. The van der Waals surface area contributed by atoms with E-state index in [0.717, 1.165) is 40.8 Å². The van der Waals surface area contributed by atoms with Gasteiger partial charge in [0.25, 0.3) is 0 Å². The van der Waals surface area contributed by atoms with E-state index in [1.165, 1.54) is 0 Å². The van der Waals surface area contributed by atoms with E-state index in [4.69, 9.17) is 17.3 Å². The van der Waals surface area contributed by atoms with Crippen LogP contribution in [0.3, 0.4) is 0 Å². The highest BCUT2D eigenvalue weighted by Crippen LogP contribution is 2.27. The molecule has 0 saturated heterocycles. The standard InChI is InChI=1S/C17H22ClN3/c1-4-21(11-14-7-5-6-12(2)20-14)15-8-9-16(13(3)19)17(18)10-15/h5-10,13H,4,11,19H2,1-3H3. The predicted octanol–water partition coefficient (Wildman–Crippen LogP) is 4.09. The van der Waals surface area contributed by atoms with Crippen LogP contribution in [0.5, 0.6) is 0 Å². The Morgan fingerprint density at radius 1 is 1.29 bits per heavy atom. The second-order valence-corrected chi connectivity index (χ2v) is 5.69. The topological polar surface area (TPSA) is 42.2 Å². The highest BCUT2D eigenvalue weighted by Gasteiger charge is 2.11. The summed E-state index contributed by atoms with van der Waals surface area (Å²) in [5.41, 5.74) is 10.1. The van der Waals surface area contributed by atoms with E-state index < -0.39 is 0 Å². The minimum absolute atomic E-state index is 0.0555. The number of rotatable bonds is 5. The molecule has 3 nitrogen and oxygen atoms in total. The Morgan fingerprint density at radius 3 is 2.62 bits per heavy atom. The van der Waals surface area contributed by atoms with Gasteiger partial charge in [-0.25, -0.2) is 0 Å². The smallest absolute Gasteiger partial charge is 0.0602 e. The van der Waals surface area contributed by atoms with Crippen LogP contribution in [0, 0.1) is 6.92 Å². The van der Waals surface area contributed by atoms with Crippen LogP contribution in [-0.2, 0) is 6.54 Å². The average Bonchev–Trinajstić information content (AvgIpc) is 2.44. The number of hydrogen-bond acceptors (Lipinski definition) is 3. The minimum atomic E-state index is -0.0555. The van der Waals surface area contributed by atoms with Crippen LogP contribution < -0.4 is 10.6 Å². The monoisotopic (exact) mass is 303 g/mol. The lowest BCUT2D eigenvalue weighted by Gasteiger charge is -2.24. The van der Waals surface area contributed by atoms with Crippen molar-refractivity contribution in [3.05, 3.63) is 58.4 Å². The molecule has 0 aliphatic heterocycles. The van der Waals surface area contributed by atoms with Crippen molar-refractivity contribution in [3.8, 4) is 0 Å². The molecule has 0 fully saturated rings. The Hall–Kier alpha value is -1.58. The zero-order chi connectivity index (χ0) is 15.4. The van der Waals surface area contributed by atoms with Crippen molar-refractivity contribution in [3.63, 3.8) is 0 Å². The Morgan fingerprint density at radius 2 is 2.05 bits per heavy atom. The van der Waals surface area contributed by atoms with E-state index in [1.807, 2.05) is 44.2 Å². The van der Waals surface area contributed by atoms with E-state index in [-0.39, 0.29) is 6.04 Å². The quantitative estimate of drug-likeness (QED) is 0.904. The third-order valence-electron chi connectivity index (χ3n) is 3.52. The van der Waals surface area contributed by atoms with Crippen LogP contribution in [0.15, 0.2) is 36.4 Å². The number of anilines is 1. The van der Waals surface area contributed by atoms with Crippen molar-refractivity contribution in [2.75, 3.05) is 11.4 Å². The van der Waals surface area contributed by atoms with Gasteiger partial charge in [0.1, 0.15) is 0 Å². The van der Waals surface area contributed by atoms with Gasteiger partial charge in [0.15, 0.2) is 0 Å². The first kappa shape index (κ1) is 15.8. The first-order valence-corrected chi connectivity index (χ1v) is 7.61. The molecule has 0 radical (unpaired) electrons. The fourth-order valence-corrected chi connectivity index (χ4v) is 2.70. The second-order valence-electron chi connectivity index (χ2n) is 5.28. The molecule has 0 aliphatic rings. The highest BCUT2D eigenvalue weighted by molar-refractivity contribution is 6.31. The fourth-order valence-electron chi connectivity index (χ4n) is 2.35. The fraction of sp³-hybridized carbons (Fsp3) is 0.353. The summed E-state index contributed by atoms with van der Waals surface area (Å²) < 4.78 is 0. The molecule has 0 amide bonds. The summed E-state index contributed by atoms with van der Waals surface area (Å²) in [6.07, 6.45) is 0. The molecule has 0 saturated carbocycles. The number of hydrogen-bond donors (Lipinski definition) is 1. The van der Waals surface area contributed by atoms with Crippen molar-refractivity contribution < 1.29 is 0 Å². The molecule has 2 rings (SSSR count). The summed E-state index contributed by atoms with van der Waals surface area (Å²) in [5, 5.41) is 0.721. The summed E-state index contributed by atoms with van der Waals surface area (Å²) in [5.74, 6) is 0. The number of aryl methyl sites for hydroxylation is 1. The molecule has 0 bridgehead atoms. The lowest BCUT2D eigenvalue weighted by molar-refractivity contribution is 0.798. The summed E-state index contributed by atoms with van der Waals surface area (Å²) >= 11 is 6.33. The maximum Gasteiger partial charge on any atom is 0.0602 e. The maximum absolute atomic E-state index is 6.33. The number of benzene rings is 1. The third-order valence-corrected chi connectivity index (χ3v) is 3.85. The maximum atomic E-state index is 6.33. The molecule has 1 aromatic carbocycles. The van der Waals surface area contributed by atoms with Gasteiger partial charge < -0.3 is 10.6 Å². The lowest BCUT2D eigenvalue weighted by Crippen LogP contribution is -2.23. The molecule has 1 unspecified atom stereocenters. The Kier molecular flexibility index (Phi) is 5.21. The van der Waals surface area contributed by atoms with E-state index in [1.54, 1.807) is 0 Å². The van der Waals surface area contributed by atoms with Gasteiger partial charge in [0.05, 0.1) is 12.2 Å². The molecule has 4 heteroatoms. The van der Waals surface area contributed by atoms with Crippen LogP contribution in [0.25, 0.3) is 0 Å². The zero-order valence-corrected chi connectivity index (χ0v) is 13.6. The van der Waals surface area contributed by atoms with Crippen LogP contribution in [0.1, 0.15) is 36.8 Å². The van der Waals surface area contributed by atoms with Gasteiger partial charge in [0.2, 0.25) is 0 Å². The second kappa shape index (κ2) is 6.92. The van der Waals surface area contributed by atoms with Crippen molar-refractivity contribution in [1.82, 2.24) is 4.98 Å². The Labute approximate surface area is 131 Å². The molecule has 1 aromatic heterocycles. The van der Waals surface area contributed by atoms with Crippen LogP contribution in [0.4, 0.5) is 5.69 Å². The van der Waals surface area contributed by atoms with E-state index in [2.05, 4.69) is 22.9 Å². The van der Waals surface area contributed by atoms with Gasteiger partial charge in [-0.05, 0) is 50.6 Å². The van der Waals surface area contributed by atoms with Crippen molar-refractivity contribution >= 4 is 17.3 Å². The van der Waals surface area contributed by atoms with Gasteiger partial charge in [-0.2, -0.15) is 0 Å². The molecule has 0 spiro atoms. The van der Waals surface area contributed by atoms with Gasteiger partial charge in [0, 0.05) is 29.0 Å². The van der Waals surface area contributed by atoms with Crippen molar-refractivity contribution in [2.24, 2.45) is 5.73 Å². The number of nitrogens with two attached hydrogens (primary N) is 1. The number of nitrogens with zero attached hydrogens (tertiary/aromatic N) is 2. The first-order valence-electron chi connectivity index (χ1n) is 7.23. The zero-order valence-electron chi connectivity index (χ0n) is 12.8. The summed E-state index contributed by atoms with van der Waals surface area (Å²) in [7, 11) is 0. The average molecular weight is 304 g/mol. The van der Waals surface area contributed by atoms with Crippen molar-refractivity contribution in [2.45, 2.75) is 33.4 Å². The van der Waals surface area contributed by atoms with Crippen LogP contribution in [-0.4, -0.2) is 11.5 Å². The van der Waals surface area contributed by atoms with Crippen LogP contribution in [0.2, 0.25) is 5.02 Å². The summed E-state index contributed by atoms with van der Waals surface area (Å²) in [6, 6.07) is 12.1. The molecule has 1 atom stereocenters. The van der Waals surface area contributed by atoms with Crippen LogP contribution >= 0.6 is 11.6 Å². The van der Waals surface area contributed by atoms with Gasteiger partial charge in [-0.3, -0.25) is 4.98 Å². The summed E-state index contributed by atoms with van der Waals surface area (Å²) in [4.78, 5) is 6.81. The molecule has 112 valence electrons. The SMILES string of the molecule is CCN(Cc1cccc(C)n1)c1ccc(C(C)N)c(Cl)c1. The molecule has 0 aliphatic carbocycles. The molecule has 2 N–H and O–H groups in total. The minimum Gasteiger partial charge on any atom is -0.366 e. The molecular formula is C17H22ClN3. The largest absolute Gasteiger partial charge is 0.366 e. The van der Waals surface area contributed by atoms with Gasteiger partial charge in [-0.15, -0.1) is 0 Å². The van der Waals surface area contributed by atoms with Crippen molar-refractivity contribution in [1.29, 1.82) is 0 Å². The molecule has 2 aromatic rings. The molecule has 21 heavy (non-hydrogen) atoms. The lowest BCUT2D eigenvalue weighted by atomic mass is 10.1. The molecular weight excluding hydrogens is 282 g/mol. The Bertz CT molecular complexity index is 611. The van der Waals surface area contributed by atoms with E-state index >= 15 is 0 Å². The van der Waals surface area contributed by atoms with E-state index in [9.17, 15) is 0 Å². The molecule has 1 heterocycles. The number of pyridine rings is 1. The predicted molar refractivity (Wildman–Crippen MR) is 89.8 cm³/mol. The number of aromatic nitrogens is 1. The first-order chi connectivity index (χ1) is 10.0. The van der Waals surface area contributed by atoms with E-state index in [0.29, 0.717) is 0 Å². The number of halogens is 1. The van der Waals surface area contributed by atoms with Gasteiger partial charge >= 0.3 is 0 Å². The summed E-state index contributed by atoms with van der Waals surface area (Å²) in [6.45, 7) is 7.74. The Balaban J connectivity index is 2.23. The third kappa shape index (κ3) is 3.96.